The zero-order valence-electron chi connectivity index (χ0n) is 11.1. The van der Waals surface area contributed by atoms with E-state index in [1.807, 2.05) is 12.4 Å². The third-order valence-corrected chi connectivity index (χ3v) is 3.94. The number of pyridine rings is 1. The van der Waals surface area contributed by atoms with Crippen molar-refractivity contribution in [3.05, 3.63) is 29.6 Å². The van der Waals surface area contributed by atoms with Gasteiger partial charge in [0, 0.05) is 24.0 Å². The number of rotatable bonds is 3. The van der Waals surface area contributed by atoms with Crippen molar-refractivity contribution in [2.24, 2.45) is 5.73 Å². The summed E-state index contributed by atoms with van der Waals surface area (Å²) in [6, 6.07) is 2.17. The maximum Gasteiger partial charge on any atom is 0.0492 e. The molecule has 17 heavy (non-hydrogen) atoms. The highest BCUT2D eigenvalue weighted by Crippen LogP contribution is 2.31. The highest BCUT2D eigenvalue weighted by Gasteiger charge is 2.35. The van der Waals surface area contributed by atoms with Gasteiger partial charge in [0.15, 0.2) is 0 Å². The number of nitrogens with two attached hydrogens (primary N) is 1. The van der Waals surface area contributed by atoms with Gasteiger partial charge in [-0.2, -0.15) is 0 Å². The zero-order chi connectivity index (χ0) is 12.5. The normalized spacial score (nSPS) is 19.5. The molecule has 0 radical (unpaired) electrons. The van der Waals surface area contributed by atoms with Crippen LogP contribution in [0.1, 0.15) is 43.9 Å². The van der Waals surface area contributed by atoms with Crippen molar-refractivity contribution in [1.29, 1.82) is 0 Å². The molecule has 0 aliphatic carbocycles. The highest BCUT2D eigenvalue weighted by molar-refractivity contribution is 5.23. The van der Waals surface area contributed by atoms with Crippen molar-refractivity contribution in [3.8, 4) is 0 Å². The number of hydrogen-bond donors (Lipinski definition) is 1. The second-order valence-corrected chi connectivity index (χ2v) is 5.62. The fraction of sp³-hybridized carbons (Fsp3) is 0.643. The van der Waals surface area contributed by atoms with Gasteiger partial charge in [0.05, 0.1) is 0 Å². The maximum absolute atomic E-state index is 6.44. The molecule has 0 aromatic carbocycles. The van der Waals surface area contributed by atoms with Crippen molar-refractivity contribution in [3.63, 3.8) is 0 Å². The van der Waals surface area contributed by atoms with Gasteiger partial charge in [0.1, 0.15) is 0 Å². The molecule has 1 aliphatic heterocycles. The molecule has 0 amide bonds. The van der Waals surface area contributed by atoms with Crippen molar-refractivity contribution in [1.82, 2.24) is 9.88 Å². The Balaban J connectivity index is 2.20. The maximum atomic E-state index is 6.44. The van der Waals surface area contributed by atoms with Crippen molar-refractivity contribution in [2.75, 3.05) is 13.1 Å². The predicted molar refractivity (Wildman–Crippen MR) is 70.8 cm³/mol. The summed E-state index contributed by atoms with van der Waals surface area (Å²) in [5.74, 6) is 0. The molecular weight excluding hydrogens is 210 g/mol. The Morgan fingerprint density at radius 1 is 1.29 bits per heavy atom. The SMILES string of the molecule is Cc1cncc(C(N)C(C)(C)N2CCCC2)c1. The van der Waals surface area contributed by atoms with Crippen molar-refractivity contribution in [2.45, 2.75) is 45.2 Å². The van der Waals surface area contributed by atoms with Gasteiger partial charge in [-0.3, -0.25) is 9.88 Å². The fourth-order valence-corrected chi connectivity index (χ4v) is 2.65. The Morgan fingerprint density at radius 2 is 1.94 bits per heavy atom. The van der Waals surface area contributed by atoms with Crippen LogP contribution in [-0.4, -0.2) is 28.5 Å². The second kappa shape index (κ2) is 4.75. The predicted octanol–water partition coefficient (Wildman–Crippen LogP) is 2.26. The van der Waals surface area contributed by atoms with Crippen LogP contribution in [0.2, 0.25) is 0 Å². The van der Waals surface area contributed by atoms with Crippen molar-refractivity contribution < 1.29 is 0 Å². The van der Waals surface area contributed by atoms with Gasteiger partial charge in [0.2, 0.25) is 0 Å². The number of hydrogen-bond acceptors (Lipinski definition) is 3. The quantitative estimate of drug-likeness (QED) is 0.870. The van der Waals surface area contributed by atoms with Crippen molar-refractivity contribution >= 4 is 0 Å². The van der Waals surface area contributed by atoms with Gasteiger partial charge < -0.3 is 5.73 Å². The molecular formula is C14H23N3. The number of nitrogens with zero attached hydrogens (tertiary/aromatic N) is 2. The van der Waals surface area contributed by atoms with Gasteiger partial charge in [-0.25, -0.2) is 0 Å². The highest BCUT2D eigenvalue weighted by atomic mass is 15.2. The molecule has 1 fully saturated rings. The molecule has 1 aliphatic rings. The van der Waals surface area contributed by atoms with Crippen LogP contribution >= 0.6 is 0 Å². The summed E-state index contributed by atoms with van der Waals surface area (Å²) in [6.07, 6.45) is 6.36. The van der Waals surface area contributed by atoms with Crippen LogP contribution in [0.15, 0.2) is 18.5 Å². The number of aryl methyl sites for hydroxylation is 1. The first-order chi connectivity index (χ1) is 8.01. The molecule has 1 aromatic heterocycles. The lowest BCUT2D eigenvalue weighted by Crippen LogP contribution is -2.49. The molecule has 1 unspecified atom stereocenters. The first-order valence-corrected chi connectivity index (χ1v) is 6.44. The third-order valence-electron chi connectivity index (χ3n) is 3.94. The summed E-state index contributed by atoms with van der Waals surface area (Å²) < 4.78 is 0. The van der Waals surface area contributed by atoms with Gasteiger partial charge in [-0.15, -0.1) is 0 Å². The molecule has 1 aromatic rings. The smallest absolute Gasteiger partial charge is 0.0492 e. The Kier molecular flexibility index (Phi) is 3.50. The van der Waals surface area contributed by atoms with E-state index in [1.165, 1.54) is 31.5 Å². The van der Waals surface area contributed by atoms with E-state index in [2.05, 4.69) is 36.7 Å². The van der Waals surface area contributed by atoms with E-state index in [1.54, 1.807) is 0 Å². The molecule has 0 spiro atoms. The summed E-state index contributed by atoms with van der Waals surface area (Å²) in [5.41, 5.74) is 8.76. The van der Waals surface area contributed by atoms with Gasteiger partial charge in [-0.1, -0.05) is 6.07 Å². The molecule has 3 nitrogen and oxygen atoms in total. The molecule has 2 heterocycles. The molecule has 1 saturated heterocycles. The Bertz CT molecular complexity index is 381. The van der Waals surface area contributed by atoms with Gasteiger partial charge in [0.25, 0.3) is 0 Å². The van der Waals surface area contributed by atoms with Crippen LogP contribution in [0.5, 0.6) is 0 Å². The van der Waals surface area contributed by atoms with Crippen LogP contribution in [0, 0.1) is 6.92 Å². The Morgan fingerprint density at radius 3 is 2.53 bits per heavy atom. The van der Waals surface area contributed by atoms with Crippen LogP contribution in [0.25, 0.3) is 0 Å². The van der Waals surface area contributed by atoms with Crippen LogP contribution < -0.4 is 5.73 Å². The lowest BCUT2D eigenvalue weighted by Gasteiger charge is -2.40. The minimum atomic E-state index is 0.00593. The van der Waals surface area contributed by atoms with E-state index in [0.29, 0.717) is 0 Å². The van der Waals surface area contributed by atoms with E-state index in [-0.39, 0.29) is 11.6 Å². The fourth-order valence-electron chi connectivity index (χ4n) is 2.65. The summed E-state index contributed by atoms with van der Waals surface area (Å²) in [6.45, 7) is 8.88. The molecule has 1 atom stereocenters. The third kappa shape index (κ3) is 2.50. The number of likely N-dealkylation sites (tertiary alicyclic amines) is 1. The largest absolute Gasteiger partial charge is 0.322 e. The molecule has 0 saturated carbocycles. The first kappa shape index (κ1) is 12.5. The summed E-state index contributed by atoms with van der Waals surface area (Å²) in [4.78, 5) is 6.75. The van der Waals surface area contributed by atoms with E-state index in [4.69, 9.17) is 5.73 Å². The lowest BCUT2D eigenvalue weighted by molar-refractivity contribution is 0.124. The standard InChI is InChI=1S/C14H23N3/c1-11-8-12(10-16-9-11)13(15)14(2,3)17-6-4-5-7-17/h8-10,13H,4-7,15H2,1-3H3. The average molecular weight is 233 g/mol. The van der Waals surface area contributed by atoms with E-state index in [0.717, 1.165) is 5.56 Å². The molecule has 2 rings (SSSR count). The molecule has 3 heteroatoms. The zero-order valence-corrected chi connectivity index (χ0v) is 11.1. The minimum Gasteiger partial charge on any atom is -0.322 e. The van der Waals surface area contributed by atoms with Gasteiger partial charge >= 0.3 is 0 Å². The van der Waals surface area contributed by atoms with Crippen LogP contribution in [0.3, 0.4) is 0 Å². The monoisotopic (exact) mass is 233 g/mol. The van der Waals surface area contributed by atoms with Gasteiger partial charge in [-0.05, 0) is 57.8 Å². The first-order valence-electron chi connectivity index (χ1n) is 6.44. The van der Waals surface area contributed by atoms with Crippen LogP contribution in [-0.2, 0) is 0 Å². The summed E-state index contributed by atoms with van der Waals surface area (Å²) >= 11 is 0. The Labute approximate surface area is 104 Å². The average Bonchev–Trinajstić information content (AvgIpc) is 2.82. The van der Waals surface area contributed by atoms with E-state index < -0.39 is 0 Å². The van der Waals surface area contributed by atoms with Crippen LogP contribution in [0.4, 0.5) is 0 Å². The lowest BCUT2D eigenvalue weighted by atomic mass is 9.88. The molecule has 94 valence electrons. The topological polar surface area (TPSA) is 42.1 Å². The summed E-state index contributed by atoms with van der Waals surface area (Å²) in [5, 5.41) is 0. The number of aromatic nitrogens is 1. The van der Waals surface area contributed by atoms with E-state index in [9.17, 15) is 0 Å². The molecule has 2 N–H and O–H groups in total. The second-order valence-electron chi connectivity index (χ2n) is 5.62. The minimum absolute atomic E-state index is 0.00593. The summed E-state index contributed by atoms with van der Waals surface area (Å²) in [7, 11) is 0. The Hall–Kier alpha value is -0.930. The molecule has 0 bridgehead atoms. The van der Waals surface area contributed by atoms with E-state index >= 15 is 0 Å².